The van der Waals surface area contributed by atoms with Crippen molar-refractivity contribution >= 4 is 27.3 Å². The molecule has 2 heterocycles. The lowest BCUT2D eigenvalue weighted by Crippen LogP contribution is -2.31. The Labute approximate surface area is 132 Å². The summed E-state index contributed by atoms with van der Waals surface area (Å²) in [5.41, 5.74) is 7.19. The number of rotatable bonds is 6. The lowest BCUT2D eigenvalue weighted by molar-refractivity contribution is 0.232. The molecule has 0 aromatic carbocycles. The van der Waals surface area contributed by atoms with E-state index in [-0.39, 0.29) is 6.04 Å². The standard InChI is InChI=1S/C14H21BrN4S/c1-10(2)19-9-17-6-14(19)13(5-16)18(3)7-12-4-11(15)8-20-12/h4,6,8-10,13H,5,7,16H2,1-3H3. The number of hydrogen-bond donors (Lipinski definition) is 1. The quantitative estimate of drug-likeness (QED) is 0.862. The van der Waals surface area contributed by atoms with Crippen molar-refractivity contribution in [2.24, 2.45) is 5.73 Å². The molecule has 0 aliphatic heterocycles. The van der Waals surface area contributed by atoms with Crippen LogP contribution in [0.15, 0.2) is 28.4 Å². The van der Waals surface area contributed by atoms with Gasteiger partial charge in [0.25, 0.3) is 0 Å². The van der Waals surface area contributed by atoms with Crippen molar-refractivity contribution in [1.29, 1.82) is 0 Å². The van der Waals surface area contributed by atoms with Gasteiger partial charge < -0.3 is 10.3 Å². The number of hydrogen-bond acceptors (Lipinski definition) is 4. The van der Waals surface area contributed by atoms with Crippen LogP contribution in [0.2, 0.25) is 0 Å². The number of thiophene rings is 1. The van der Waals surface area contributed by atoms with Gasteiger partial charge in [0.15, 0.2) is 0 Å². The van der Waals surface area contributed by atoms with Crippen LogP contribution in [0.3, 0.4) is 0 Å². The van der Waals surface area contributed by atoms with Crippen molar-refractivity contribution in [2.45, 2.75) is 32.5 Å². The smallest absolute Gasteiger partial charge is 0.0951 e. The first-order valence-corrected chi connectivity index (χ1v) is 8.35. The zero-order chi connectivity index (χ0) is 14.7. The molecule has 1 unspecified atom stereocenters. The second-order valence-corrected chi connectivity index (χ2v) is 7.13. The highest BCUT2D eigenvalue weighted by atomic mass is 79.9. The lowest BCUT2D eigenvalue weighted by Gasteiger charge is -2.28. The summed E-state index contributed by atoms with van der Waals surface area (Å²) in [7, 11) is 2.11. The van der Waals surface area contributed by atoms with Crippen molar-refractivity contribution < 1.29 is 0 Å². The highest BCUT2D eigenvalue weighted by Gasteiger charge is 2.20. The molecular weight excluding hydrogens is 336 g/mol. The number of imidazole rings is 1. The fourth-order valence-corrected chi connectivity index (χ4v) is 3.84. The summed E-state index contributed by atoms with van der Waals surface area (Å²) >= 11 is 5.26. The van der Waals surface area contributed by atoms with Gasteiger partial charge in [-0.2, -0.15) is 0 Å². The third-order valence-electron chi connectivity index (χ3n) is 3.38. The van der Waals surface area contributed by atoms with E-state index in [9.17, 15) is 0 Å². The molecule has 0 bridgehead atoms. The summed E-state index contributed by atoms with van der Waals surface area (Å²) in [4.78, 5) is 7.89. The third-order valence-corrected chi connectivity index (χ3v) is 5.06. The zero-order valence-electron chi connectivity index (χ0n) is 12.1. The molecule has 2 N–H and O–H groups in total. The maximum absolute atomic E-state index is 6.00. The van der Waals surface area contributed by atoms with Gasteiger partial charge in [0.05, 0.1) is 18.1 Å². The van der Waals surface area contributed by atoms with Gasteiger partial charge in [0, 0.05) is 40.1 Å². The first-order chi connectivity index (χ1) is 9.52. The van der Waals surface area contributed by atoms with E-state index in [0.29, 0.717) is 12.6 Å². The molecular formula is C14H21BrN4S. The summed E-state index contributed by atoms with van der Waals surface area (Å²) in [6.07, 6.45) is 3.82. The zero-order valence-corrected chi connectivity index (χ0v) is 14.5. The molecule has 6 heteroatoms. The van der Waals surface area contributed by atoms with Gasteiger partial charge >= 0.3 is 0 Å². The lowest BCUT2D eigenvalue weighted by atomic mass is 10.1. The minimum Gasteiger partial charge on any atom is -0.331 e. The molecule has 2 aromatic rings. The topological polar surface area (TPSA) is 47.1 Å². The minimum atomic E-state index is 0.181. The molecule has 4 nitrogen and oxygen atoms in total. The molecule has 2 aromatic heterocycles. The maximum atomic E-state index is 6.00. The van der Waals surface area contributed by atoms with Crippen LogP contribution in [0.25, 0.3) is 0 Å². The van der Waals surface area contributed by atoms with Gasteiger partial charge in [0.1, 0.15) is 0 Å². The summed E-state index contributed by atoms with van der Waals surface area (Å²) < 4.78 is 3.33. The van der Waals surface area contributed by atoms with Crippen molar-refractivity contribution in [2.75, 3.05) is 13.6 Å². The van der Waals surface area contributed by atoms with Crippen LogP contribution in [-0.4, -0.2) is 28.0 Å². The summed E-state index contributed by atoms with van der Waals surface area (Å²) in [5, 5.41) is 2.11. The van der Waals surface area contributed by atoms with Crippen molar-refractivity contribution in [3.63, 3.8) is 0 Å². The molecule has 0 spiro atoms. The molecule has 1 atom stereocenters. The number of halogens is 1. The summed E-state index contributed by atoms with van der Waals surface area (Å²) in [5.74, 6) is 0. The van der Waals surface area contributed by atoms with Crippen LogP contribution in [0.4, 0.5) is 0 Å². The molecule has 0 radical (unpaired) electrons. The van der Waals surface area contributed by atoms with Gasteiger partial charge in [0.2, 0.25) is 0 Å². The van der Waals surface area contributed by atoms with Crippen LogP contribution in [0, 0.1) is 0 Å². The van der Waals surface area contributed by atoms with E-state index in [4.69, 9.17) is 5.73 Å². The Bertz CT molecular complexity index is 549. The van der Waals surface area contributed by atoms with Crippen molar-refractivity contribution in [1.82, 2.24) is 14.5 Å². The molecule has 2 rings (SSSR count). The Kier molecular flexibility index (Phi) is 5.37. The molecule has 0 aliphatic carbocycles. The van der Waals surface area contributed by atoms with Crippen LogP contribution < -0.4 is 5.73 Å². The Balaban J connectivity index is 2.16. The van der Waals surface area contributed by atoms with E-state index in [2.05, 4.69) is 62.7 Å². The van der Waals surface area contributed by atoms with E-state index < -0.39 is 0 Å². The Hall–Kier alpha value is -0.690. The van der Waals surface area contributed by atoms with Gasteiger partial charge in [-0.15, -0.1) is 11.3 Å². The maximum Gasteiger partial charge on any atom is 0.0951 e. The van der Waals surface area contributed by atoms with Gasteiger partial charge in [-0.25, -0.2) is 4.98 Å². The van der Waals surface area contributed by atoms with Crippen LogP contribution in [0.1, 0.15) is 36.5 Å². The predicted octanol–water partition coefficient (Wildman–Crippen LogP) is 3.42. The molecule has 0 amide bonds. The van der Waals surface area contributed by atoms with E-state index in [1.165, 1.54) is 10.6 Å². The van der Waals surface area contributed by atoms with Crippen molar-refractivity contribution in [3.8, 4) is 0 Å². The predicted molar refractivity (Wildman–Crippen MR) is 87.9 cm³/mol. The normalized spacial score (nSPS) is 13.3. The molecule has 0 saturated heterocycles. The number of nitrogens with zero attached hydrogens (tertiary/aromatic N) is 3. The fourth-order valence-electron chi connectivity index (χ4n) is 2.32. The average Bonchev–Trinajstić information content (AvgIpc) is 3.00. The molecule has 0 fully saturated rings. The van der Waals surface area contributed by atoms with Gasteiger partial charge in [-0.1, -0.05) is 0 Å². The summed E-state index contributed by atoms with van der Waals surface area (Å²) in [6, 6.07) is 2.74. The van der Waals surface area contributed by atoms with Crippen LogP contribution in [-0.2, 0) is 6.54 Å². The molecule has 0 saturated carbocycles. The van der Waals surface area contributed by atoms with E-state index >= 15 is 0 Å². The Morgan fingerprint density at radius 3 is 2.80 bits per heavy atom. The van der Waals surface area contributed by atoms with Crippen LogP contribution >= 0.6 is 27.3 Å². The monoisotopic (exact) mass is 356 g/mol. The highest BCUT2D eigenvalue weighted by molar-refractivity contribution is 9.10. The summed E-state index contributed by atoms with van der Waals surface area (Å²) in [6.45, 7) is 5.80. The molecule has 20 heavy (non-hydrogen) atoms. The molecule has 0 aliphatic rings. The Morgan fingerprint density at radius 1 is 1.50 bits per heavy atom. The minimum absolute atomic E-state index is 0.181. The van der Waals surface area contributed by atoms with Gasteiger partial charge in [-0.3, -0.25) is 4.90 Å². The fraction of sp³-hybridized carbons (Fsp3) is 0.500. The largest absolute Gasteiger partial charge is 0.331 e. The second-order valence-electron chi connectivity index (χ2n) is 5.22. The molecule has 110 valence electrons. The van der Waals surface area contributed by atoms with Crippen molar-refractivity contribution in [3.05, 3.63) is 39.0 Å². The van der Waals surface area contributed by atoms with E-state index in [1.807, 2.05) is 12.5 Å². The second kappa shape index (κ2) is 6.85. The van der Waals surface area contributed by atoms with Gasteiger partial charge in [-0.05, 0) is 42.9 Å². The van der Waals surface area contributed by atoms with E-state index in [0.717, 1.165) is 11.0 Å². The number of likely N-dealkylation sites (N-methyl/N-ethyl adjacent to an activating group) is 1. The first-order valence-electron chi connectivity index (χ1n) is 6.67. The SMILES string of the molecule is CC(C)n1cncc1C(CN)N(C)Cc1cc(Br)cs1. The van der Waals surface area contributed by atoms with Crippen LogP contribution in [0.5, 0.6) is 0 Å². The van der Waals surface area contributed by atoms with E-state index in [1.54, 1.807) is 11.3 Å². The number of aromatic nitrogens is 2. The Morgan fingerprint density at radius 2 is 2.25 bits per heavy atom. The first kappa shape index (κ1) is 15.7. The number of nitrogens with two attached hydrogens (primary N) is 1. The highest BCUT2D eigenvalue weighted by Crippen LogP contribution is 2.26. The third kappa shape index (κ3) is 3.49. The average molecular weight is 357 g/mol.